The van der Waals surface area contributed by atoms with Gasteiger partial charge in [0, 0.05) is 11.4 Å². The molecular formula is C13H13BrN4O. The third kappa shape index (κ3) is 4.26. The molecule has 2 aromatic rings. The molecule has 0 bridgehead atoms. The van der Waals surface area contributed by atoms with Gasteiger partial charge in [-0.1, -0.05) is 12.1 Å². The SMILES string of the molecule is NC(=O)Nc1cccc(NCc2cccc(Br)n2)c1. The number of benzene rings is 1. The maximum absolute atomic E-state index is 10.8. The van der Waals surface area contributed by atoms with Gasteiger partial charge in [0.15, 0.2) is 0 Å². The van der Waals surface area contributed by atoms with Gasteiger partial charge in [0.25, 0.3) is 0 Å². The molecule has 0 radical (unpaired) electrons. The van der Waals surface area contributed by atoms with E-state index in [1.165, 1.54) is 0 Å². The van der Waals surface area contributed by atoms with E-state index in [9.17, 15) is 4.79 Å². The number of nitrogens with two attached hydrogens (primary N) is 1. The minimum absolute atomic E-state index is 0.578. The van der Waals surface area contributed by atoms with E-state index in [0.29, 0.717) is 12.2 Å². The van der Waals surface area contributed by atoms with Crippen molar-refractivity contribution in [2.75, 3.05) is 10.6 Å². The van der Waals surface area contributed by atoms with E-state index >= 15 is 0 Å². The van der Waals surface area contributed by atoms with Crippen molar-refractivity contribution in [2.24, 2.45) is 5.73 Å². The highest BCUT2D eigenvalue weighted by atomic mass is 79.9. The molecule has 0 aliphatic heterocycles. The smallest absolute Gasteiger partial charge is 0.316 e. The quantitative estimate of drug-likeness (QED) is 0.758. The maximum atomic E-state index is 10.8. The number of hydrogen-bond donors (Lipinski definition) is 3. The van der Waals surface area contributed by atoms with Gasteiger partial charge in [-0.2, -0.15) is 0 Å². The average Bonchev–Trinajstić information content (AvgIpc) is 2.36. The Balaban J connectivity index is 2.01. The third-order valence-electron chi connectivity index (χ3n) is 2.38. The second kappa shape index (κ2) is 6.19. The molecule has 0 unspecified atom stereocenters. The summed E-state index contributed by atoms with van der Waals surface area (Å²) in [6.45, 7) is 0.597. The standard InChI is InChI=1S/C13H13BrN4O/c14-12-6-2-5-11(17-12)8-16-9-3-1-4-10(7-9)18-13(15)19/h1-7,16H,8H2,(H3,15,18,19). The molecule has 5 nitrogen and oxygen atoms in total. The molecule has 1 aromatic carbocycles. The molecular weight excluding hydrogens is 308 g/mol. The number of primary amides is 1. The van der Waals surface area contributed by atoms with E-state index in [4.69, 9.17) is 5.73 Å². The Morgan fingerprint density at radius 2 is 1.95 bits per heavy atom. The van der Waals surface area contributed by atoms with Crippen molar-refractivity contribution in [1.82, 2.24) is 4.98 Å². The van der Waals surface area contributed by atoms with Gasteiger partial charge in [-0.05, 0) is 46.3 Å². The Labute approximate surface area is 119 Å². The van der Waals surface area contributed by atoms with Crippen LogP contribution in [0.4, 0.5) is 16.2 Å². The number of nitrogens with one attached hydrogen (secondary N) is 2. The summed E-state index contributed by atoms with van der Waals surface area (Å²) in [7, 11) is 0. The zero-order valence-electron chi connectivity index (χ0n) is 10.1. The lowest BCUT2D eigenvalue weighted by Gasteiger charge is -2.08. The molecule has 0 spiro atoms. The molecule has 1 heterocycles. The van der Waals surface area contributed by atoms with Gasteiger partial charge < -0.3 is 16.4 Å². The minimum Gasteiger partial charge on any atom is -0.379 e. The largest absolute Gasteiger partial charge is 0.379 e. The number of nitrogens with zero attached hydrogens (tertiary/aromatic N) is 1. The number of aromatic nitrogens is 1. The Hall–Kier alpha value is -2.08. The van der Waals surface area contributed by atoms with Crippen molar-refractivity contribution in [2.45, 2.75) is 6.54 Å². The van der Waals surface area contributed by atoms with Gasteiger partial charge in [-0.15, -0.1) is 0 Å². The highest BCUT2D eigenvalue weighted by Crippen LogP contribution is 2.16. The molecule has 0 aliphatic carbocycles. The van der Waals surface area contributed by atoms with Crippen LogP contribution in [-0.4, -0.2) is 11.0 Å². The van der Waals surface area contributed by atoms with Gasteiger partial charge in [0.05, 0.1) is 12.2 Å². The highest BCUT2D eigenvalue weighted by molar-refractivity contribution is 9.10. The summed E-state index contributed by atoms with van der Waals surface area (Å²) in [5, 5.41) is 5.75. The summed E-state index contributed by atoms with van der Waals surface area (Å²) in [4.78, 5) is 15.1. The van der Waals surface area contributed by atoms with E-state index in [0.717, 1.165) is 16.0 Å². The molecule has 6 heteroatoms. The number of pyridine rings is 1. The highest BCUT2D eigenvalue weighted by Gasteiger charge is 1.99. The molecule has 0 fully saturated rings. The molecule has 19 heavy (non-hydrogen) atoms. The van der Waals surface area contributed by atoms with Crippen LogP contribution in [0.3, 0.4) is 0 Å². The number of urea groups is 1. The van der Waals surface area contributed by atoms with Crippen LogP contribution in [0.5, 0.6) is 0 Å². The van der Waals surface area contributed by atoms with Gasteiger partial charge >= 0.3 is 6.03 Å². The lowest BCUT2D eigenvalue weighted by molar-refractivity contribution is 0.259. The van der Waals surface area contributed by atoms with Crippen molar-refractivity contribution in [1.29, 1.82) is 0 Å². The fraction of sp³-hybridized carbons (Fsp3) is 0.0769. The van der Waals surface area contributed by atoms with Crippen LogP contribution < -0.4 is 16.4 Å². The van der Waals surface area contributed by atoms with Crippen LogP contribution >= 0.6 is 15.9 Å². The van der Waals surface area contributed by atoms with Crippen LogP contribution in [0.25, 0.3) is 0 Å². The lowest BCUT2D eigenvalue weighted by atomic mass is 10.2. The van der Waals surface area contributed by atoms with Crippen LogP contribution in [-0.2, 0) is 6.54 Å². The average molecular weight is 321 g/mol. The Morgan fingerprint density at radius 1 is 1.21 bits per heavy atom. The van der Waals surface area contributed by atoms with Gasteiger partial charge in [-0.3, -0.25) is 0 Å². The molecule has 2 rings (SSSR count). The molecule has 0 saturated heterocycles. The zero-order valence-corrected chi connectivity index (χ0v) is 11.6. The van der Waals surface area contributed by atoms with Crippen LogP contribution in [0.1, 0.15) is 5.69 Å². The number of amides is 2. The van der Waals surface area contributed by atoms with Crippen LogP contribution in [0, 0.1) is 0 Å². The normalized spacial score (nSPS) is 9.95. The van der Waals surface area contributed by atoms with E-state index < -0.39 is 6.03 Å². The van der Waals surface area contributed by atoms with E-state index in [1.54, 1.807) is 6.07 Å². The first kappa shape index (κ1) is 13.4. The summed E-state index contributed by atoms with van der Waals surface area (Å²) in [5.74, 6) is 0. The van der Waals surface area contributed by atoms with E-state index in [-0.39, 0.29) is 0 Å². The first-order valence-corrected chi connectivity index (χ1v) is 6.44. The van der Waals surface area contributed by atoms with Crippen LogP contribution in [0.2, 0.25) is 0 Å². The molecule has 2 amide bonds. The van der Waals surface area contributed by atoms with E-state index in [1.807, 2.05) is 36.4 Å². The van der Waals surface area contributed by atoms with Crippen molar-refractivity contribution < 1.29 is 4.79 Å². The summed E-state index contributed by atoms with van der Waals surface area (Å²) >= 11 is 3.33. The fourth-order valence-electron chi connectivity index (χ4n) is 1.59. The molecule has 0 saturated carbocycles. The lowest BCUT2D eigenvalue weighted by Crippen LogP contribution is -2.19. The second-order valence-electron chi connectivity index (χ2n) is 3.88. The summed E-state index contributed by atoms with van der Waals surface area (Å²) in [6.07, 6.45) is 0. The Bertz CT molecular complexity index is 588. The zero-order chi connectivity index (χ0) is 13.7. The Kier molecular flexibility index (Phi) is 4.35. The van der Waals surface area contributed by atoms with E-state index in [2.05, 4.69) is 31.5 Å². The molecule has 4 N–H and O–H groups in total. The molecule has 0 atom stereocenters. The van der Waals surface area contributed by atoms with Gasteiger partial charge in [0.1, 0.15) is 4.60 Å². The van der Waals surface area contributed by atoms with Crippen LogP contribution in [0.15, 0.2) is 47.1 Å². The number of halogens is 1. The summed E-state index contributed by atoms with van der Waals surface area (Å²) in [6, 6.07) is 12.5. The maximum Gasteiger partial charge on any atom is 0.316 e. The Morgan fingerprint density at radius 3 is 2.68 bits per heavy atom. The second-order valence-corrected chi connectivity index (χ2v) is 4.69. The minimum atomic E-state index is -0.578. The first-order chi connectivity index (χ1) is 9.13. The van der Waals surface area contributed by atoms with Crippen molar-refractivity contribution in [3.8, 4) is 0 Å². The summed E-state index contributed by atoms with van der Waals surface area (Å²) < 4.78 is 0.802. The number of rotatable bonds is 4. The van der Waals surface area contributed by atoms with Gasteiger partial charge in [0.2, 0.25) is 0 Å². The summed E-state index contributed by atoms with van der Waals surface area (Å²) in [5.41, 5.74) is 7.52. The molecule has 1 aromatic heterocycles. The molecule has 98 valence electrons. The fourth-order valence-corrected chi connectivity index (χ4v) is 1.97. The third-order valence-corrected chi connectivity index (χ3v) is 2.82. The topological polar surface area (TPSA) is 80.0 Å². The van der Waals surface area contributed by atoms with Crippen molar-refractivity contribution >= 4 is 33.3 Å². The first-order valence-electron chi connectivity index (χ1n) is 5.65. The monoisotopic (exact) mass is 320 g/mol. The van der Waals surface area contributed by atoms with Crippen molar-refractivity contribution in [3.05, 3.63) is 52.8 Å². The van der Waals surface area contributed by atoms with Gasteiger partial charge in [-0.25, -0.2) is 9.78 Å². The number of carbonyl (C=O) groups is 1. The predicted molar refractivity (Wildman–Crippen MR) is 78.9 cm³/mol. The number of carbonyl (C=O) groups excluding carboxylic acids is 1. The number of hydrogen-bond acceptors (Lipinski definition) is 3. The van der Waals surface area contributed by atoms with Crippen molar-refractivity contribution in [3.63, 3.8) is 0 Å². The predicted octanol–water partition coefficient (Wildman–Crippen LogP) is 2.95. The number of anilines is 2. The molecule has 0 aliphatic rings.